The fourth-order valence-corrected chi connectivity index (χ4v) is 10.1. The highest BCUT2D eigenvalue weighted by Crippen LogP contribution is 2.33. The second-order valence-electron chi connectivity index (χ2n) is 22.8. The van der Waals surface area contributed by atoms with Crippen molar-refractivity contribution >= 4 is 5.91 Å². The van der Waals surface area contributed by atoms with Crippen molar-refractivity contribution in [3.05, 3.63) is 134 Å². The van der Waals surface area contributed by atoms with Crippen LogP contribution in [0.1, 0.15) is 168 Å². The predicted molar refractivity (Wildman–Crippen MR) is 346 cm³/mol. The number of carbonyl (C=O) groups is 1. The normalized spacial score (nSPS) is 29.1. The molecule has 3 aliphatic heterocycles. The van der Waals surface area contributed by atoms with E-state index in [2.05, 4.69) is 141 Å². The molecule has 0 aliphatic carbocycles. The van der Waals surface area contributed by atoms with Gasteiger partial charge in [0.05, 0.1) is 38.6 Å². The molecule has 3 fully saturated rings. The van der Waals surface area contributed by atoms with E-state index in [1.807, 2.05) is 6.08 Å². The van der Waals surface area contributed by atoms with Crippen LogP contribution in [0.15, 0.2) is 134 Å². The monoisotopic (exact) mass is 1260 g/mol. The highest BCUT2D eigenvalue weighted by atomic mass is 16.8. The van der Waals surface area contributed by atoms with E-state index in [0.29, 0.717) is 12.8 Å². The van der Waals surface area contributed by atoms with Crippen LogP contribution < -0.4 is 5.32 Å². The Morgan fingerprint density at radius 2 is 0.787 bits per heavy atom. The summed E-state index contributed by atoms with van der Waals surface area (Å²) in [4.78, 5) is 13.3. The molecule has 0 aromatic rings. The summed E-state index contributed by atoms with van der Waals surface area (Å²) < 4.78 is 34.2. The first kappa shape index (κ1) is 79.2. The molecule has 0 radical (unpaired) electrons. The fraction of sp³-hybridized carbons (Fsp3) is 0.671. The molecule has 3 rings (SSSR count). The Hall–Kier alpha value is -4.07. The Labute approximate surface area is 530 Å². The number of aliphatic hydroxyl groups excluding tert-OH is 11. The summed E-state index contributed by atoms with van der Waals surface area (Å²) >= 11 is 0. The first-order valence-corrected chi connectivity index (χ1v) is 32.9. The largest absolute Gasteiger partial charge is 0.394 e. The molecule has 3 heterocycles. The van der Waals surface area contributed by atoms with Gasteiger partial charge >= 0.3 is 0 Å². The van der Waals surface area contributed by atoms with E-state index in [-0.39, 0.29) is 18.9 Å². The second-order valence-corrected chi connectivity index (χ2v) is 22.8. The summed E-state index contributed by atoms with van der Waals surface area (Å²) in [7, 11) is 0. The van der Waals surface area contributed by atoms with E-state index in [9.17, 15) is 61.0 Å². The fourth-order valence-electron chi connectivity index (χ4n) is 10.1. The van der Waals surface area contributed by atoms with E-state index in [1.165, 1.54) is 6.42 Å². The van der Waals surface area contributed by atoms with Crippen molar-refractivity contribution in [1.82, 2.24) is 5.32 Å². The zero-order chi connectivity index (χ0) is 64.7. The highest BCUT2D eigenvalue weighted by Gasteiger charge is 2.53. The van der Waals surface area contributed by atoms with Gasteiger partial charge in [-0.05, 0) is 103 Å². The maximum atomic E-state index is 13.3. The molecule has 0 bridgehead atoms. The van der Waals surface area contributed by atoms with Crippen LogP contribution in [0, 0.1) is 0 Å². The Kier molecular flexibility index (Phi) is 44.9. The third-order valence-electron chi connectivity index (χ3n) is 15.4. The number of hydrogen-bond acceptors (Lipinski definition) is 18. The number of unbranched alkanes of at least 4 members (excludes halogenated alkanes) is 11. The van der Waals surface area contributed by atoms with Crippen LogP contribution in [0.3, 0.4) is 0 Å². The zero-order valence-corrected chi connectivity index (χ0v) is 53.1. The Balaban J connectivity index is 1.36. The molecule has 0 aromatic heterocycles. The van der Waals surface area contributed by atoms with Crippen LogP contribution in [-0.4, -0.2) is 193 Å². The molecule has 17 atom stereocenters. The van der Waals surface area contributed by atoms with Crippen molar-refractivity contribution in [2.45, 2.75) is 272 Å². The number of aliphatic hydroxyl groups is 11. The molecule has 3 aliphatic rings. The predicted octanol–water partition coefficient (Wildman–Crippen LogP) is 7.82. The summed E-state index contributed by atoms with van der Waals surface area (Å²) in [6.45, 7) is 1.48. The number of hydrogen-bond donors (Lipinski definition) is 12. The molecular weight excluding hydrogens is 1140 g/mol. The number of amides is 1. The third-order valence-corrected chi connectivity index (χ3v) is 15.4. The first-order valence-electron chi connectivity index (χ1n) is 32.9. The molecule has 1 amide bonds. The van der Waals surface area contributed by atoms with Crippen molar-refractivity contribution in [3.63, 3.8) is 0 Å². The minimum Gasteiger partial charge on any atom is -0.394 e. The minimum atomic E-state index is -1.99. The zero-order valence-electron chi connectivity index (χ0n) is 53.1. The van der Waals surface area contributed by atoms with Crippen LogP contribution in [0.5, 0.6) is 0 Å². The van der Waals surface area contributed by atoms with E-state index >= 15 is 0 Å². The summed E-state index contributed by atoms with van der Waals surface area (Å²) in [5.74, 6) is -0.307. The molecule has 506 valence electrons. The quantitative estimate of drug-likeness (QED) is 0.0204. The van der Waals surface area contributed by atoms with Crippen molar-refractivity contribution in [3.8, 4) is 0 Å². The lowest BCUT2D eigenvalue weighted by Crippen LogP contribution is -2.66. The van der Waals surface area contributed by atoms with Gasteiger partial charge in [-0.2, -0.15) is 0 Å². The van der Waals surface area contributed by atoms with Crippen molar-refractivity contribution in [2.75, 3.05) is 26.4 Å². The highest BCUT2D eigenvalue weighted by molar-refractivity contribution is 5.76. The standard InChI is InChI=1S/C70H113NO18/c1-3-5-7-9-11-13-14-15-16-17-18-19-20-21-22-23-24-25-26-27-28-29-30-31-32-33-34-35-36-37-38-40-42-44-46-48-58(76)71-53(54(75)47-45-43-41-39-12-10-8-6-4-2)52-84-68-64(82)61(79)66(56(50-73)86-68)89-70-65(83)62(80)67(57(51-74)87-70)88-69-63(81)60(78)59(77)55(49-72)85-69/h5,7,11-13,15-16,18-19,21-22,24-25,27-28,30-31,33-34,39,45,47,53-57,59-70,72-75,77-83H,3-4,6,8-10,14,17,20,23,26,29,32,35-38,40-44,46,48-52H2,1-2H3,(H,71,76)/b7-5-,13-11-,16-15-,19-18-,22-21-,25-24-,28-27-,31-30-,34-33-,39-12+,47-45+. The summed E-state index contributed by atoms with van der Waals surface area (Å²) in [5.41, 5.74) is 0. The van der Waals surface area contributed by atoms with E-state index in [0.717, 1.165) is 128 Å². The molecule has 0 saturated carbocycles. The molecule has 12 N–H and O–H groups in total. The SMILES string of the molecule is CC/C=C\C/C=C\C/C=C\C/C=C\C/C=C\C/C=C\C/C=C\C/C=C\C/C=C\CCCCCCCCCC(=O)NC(COC1OC(CO)C(OC2OC(CO)C(OC3OC(CO)C(O)C(O)C3O)C(O)C2O)C(O)C1O)C(O)/C=C/CC/C=C/CCCCC. The molecule has 17 unspecified atom stereocenters. The molecular formula is C70H113NO18. The first-order chi connectivity index (χ1) is 43.3. The van der Waals surface area contributed by atoms with E-state index < -0.39 is 124 Å². The van der Waals surface area contributed by atoms with Gasteiger partial charge < -0.3 is 89.9 Å². The molecule has 0 spiro atoms. The third kappa shape index (κ3) is 32.9. The Bertz CT molecular complexity index is 2130. The van der Waals surface area contributed by atoms with Crippen molar-refractivity contribution < 1.29 is 89.4 Å². The average molecular weight is 1260 g/mol. The summed E-state index contributed by atoms with van der Waals surface area (Å²) in [5, 5.41) is 120. The molecule has 19 heteroatoms. The smallest absolute Gasteiger partial charge is 0.220 e. The molecule has 19 nitrogen and oxygen atoms in total. The maximum absolute atomic E-state index is 13.3. The van der Waals surface area contributed by atoms with Gasteiger partial charge in [-0.15, -0.1) is 0 Å². The lowest BCUT2D eigenvalue weighted by atomic mass is 9.96. The van der Waals surface area contributed by atoms with Gasteiger partial charge in [-0.1, -0.05) is 192 Å². The number of carbonyl (C=O) groups excluding carboxylic acids is 1. The van der Waals surface area contributed by atoms with Gasteiger partial charge in [0.15, 0.2) is 18.9 Å². The number of allylic oxidation sites excluding steroid dienone is 21. The second kappa shape index (κ2) is 50.5. The van der Waals surface area contributed by atoms with Gasteiger partial charge in [0.1, 0.15) is 73.2 Å². The van der Waals surface area contributed by atoms with Gasteiger partial charge in [-0.3, -0.25) is 4.79 Å². The van der Waals surface area contributed by atoms with Gasteiger partial charge in [-0.25, -0.2) is 0 Å². The summed E-state index contributed by atoms with van der Waals surface area (Å²) in [6, 6.07) is -1.00. The van der Waals surface area contributed by atoms with E-state index in [1.54, 1.807) is 6.08 Å². The lowest BCUT2D eigenvalue weighted by Gasteiger charge is -2.48. The van der Waals surface area contributed by atoms with Crippen LogP contribution in [0.2, 0.25) is 0 Å². The minimum absolute atomic E-state index is 0.212. The van der Waals surface area contributed by atoms with Crippen molar-refractivity contribution in [2.24, 2.45) is 0 Å². The number of nitrogens with one attached hydrogen (secondary N) is 1. The number of rotatable bonds is 47. The van der Waals surface area contributed by atoms with Crippen LogP contribution >= 0.6 is 0 Å². The topological polar surface area (TPSA) is 307 Å². The van der Waals surface area contributed by atoms with Gasteiger partial charge in [0.2, 0.25) is 5.91 Å². The molecule has 89 heavy (non-hydrogen) atoms. The lowest BCUT2D eigenvalue weighted by molar-refractivity contribution is -0.379. The molecule has 3 saturated heterocycles. The number of ether oxygens (including phenoxy) is 6. The van der Waals surface area contributed by atoms with Crippen molar-refractivity contribution in [1.29, 1.82) is 0 Å². The van der Waals surface area contributed by atoms with Gasteiger partial charge in [0.25, 0.3) is 0 Å². The van der Waals surface area contributed by atoms with Crippen LogP contribution in [0.25, 0.3) is 0 Å². The Morgan fingerprint density at radius 3 is 1.26 bits per heavy atom. The van der Waals surface area contributed by atoms with Gasteiger partial charge in [0, 0.05) is 6.42 Å². The van der Waals surface area contributed by atoms with E-state index in [4.69, 9.17) is 28.4 Å². The average Bonchev–Trinajstić information content (AvgIpc) is 1.40. The Morgan fingerprint density at radius 1 is 0.416 bits per heavy atom. The maximum Gasteiger partial charge on any atom is 0.220 e. The van der Waals surface area contributed by atoms with Crippen LogP contribution in [-0.2, 0) is 33.2 Å². The molecule has 0 aromatic carbocycles. The summed E-state index contributed by atoms with van der Waals surface area (Å²) in [6.07, 6.45) is 43.2. The van der Waals surface area contributed by atoms with Crippen LogP contribution in [0.4, 0.5) is 0 Å².